The predicted octanol–water partition coefficient (Wildman–Crippen LogP) is 3.96. The zero-order valence-electron chi connectivity index (χ0n) is 18.5. The summed E-state index contributed by atoms with van der Waals surface area (Å²) in [7, 11) is 1.15. The number of hydrogen-bond donors (Lipinski definition) is 0. The van der Waals surface area contributed by atoms with Crippen LogP contribution in [0, 0.1) is 0 Å². The van der Waals surface area contributed by atoms with Gasteiger partial charge in [0.25, 0.3) is 0 Å². The minimum Gasteiger partial charge on any atom is -0.468 e. The maximum absolute atomic E-state index is 12.3. The number of fused-ring (bicyclic) bond motifs is 3. The lowest BCUT2D eigenvalue weighted by Crippen LogP contribution is -2.41. The number of rotatable bonds is 3. The fourth-order valence-electron chi connectivity index (χ4n) is 4.77. The van der Waals surface area contributed by atoms with Crippen molar-refractivity contribution in [3.05, 3.63) is 53.1 Å². The highest BCUT2D eigenvalue weighted by Gasteiger charge is 2.53. The molecule has 0 unspecified atom stereocenters. The second kappa shape index (κ2) is 6.45. The van der Waals surface area contributed by atoms with Gasteiger partial charge in [0, 0.05) is 0 Å². The first-order valence-corrected chi connectivity index (χ1v) is 10.9. The molecule has 156 valence electrons. The van der Waals surface area contributed by atoms with Gasteiger partial charge in [0.05, 0.1) is 23.7 Å². The van der Waals surface area contributed by atoms with Crippen molar-refractivity contribution in [3.63, 3.8) is 0 Å². The molecule has 2 aromatic rings. The van der Waals surface area contributed by atoms with Gasteiger partial charge in [-0.3, -0.25) is 4.79 Å². The summed E-state index contributed by atoms with van der Waals surface area (Å²) in [5.41, 5.74) is 6.27. The lowest BCUT2D eigenvalue weighted by atomic mass is 9.75. The Bertz CT molecular complexity index is 1020. The van der Waals surface area contributed by atoms with Crippen LogP contribution in [0.4, 0.5) is 0 Å². The van der Waals surface area contributed by atoms with Gasteiger partial charge in [0.1, 0.15) is 0 Å². The number of carbonyl (C=O) groups excluding carboxylic acids is 1. The molecule has 0 radical (unpaired) electrons. The molecule has 5 heteroatoms. The van der Waals surface area contributed by atoms with Crippen LogP contribution in [0.15, 0.2) is 36.4 Å². The maximum Gasteiger partial charge on any atom is 0.494 e. The van der Waals surface area contributed by atoms with Gasteiger partial charge >= 0.3 is 13.1 Å². The lowest BCUT2D eigenvalue weighted by molar-refractivity contribution is -0.143. The molecular weight excluding hydrogens is 375 g/mol. The Labute approximate surface area is 179 Å². The highest BCUT2D eigenvalue weighted by Crippen LogP contribution is 2.50. The summed E-state index contributed by atoms with van der Waals surface area (Å²) in [4.78, 5) is 12.3. The largest absolute Gasteiger partial charge is 0.494 e. The van der Waals surface area contributed by atoms with Crippen molar-refractivity contribution in [1.82, 2.24) is 0 Å². The number of hydrogen-bond acceptors (Lipinski definition) is 4. The minimum atomic E-state index is -0.412. The Balaban J connectivity index is 1.46. The van der Waals surface area contributed by atoms with Crippen molar-refractivity contribution in [1.29, 1.82) is 0 Å². The molecule has 0 atom stereocenters. The monoisotopic (exact) mass is 404 g/mol. The van der Waals surface area contributed by atoms with Gasteiger partial charge in [0.15, 0.2) is 0 Å². The van der Waals surface area contributed by atoms with Crippen LogP contribution in [0.5, 0.6) is 0 Å². The van der Waals surface area contributed by atoms with E-state index in [-0.39, 0.29) is 24.3 Å². The summed E-state index contributed by atoms with van der Waals surface area (Å²) in [6.07, 6.45) is 3.71. The molecule has 1 saturated carbocycles. The Kier molecular flexibility index (Phi) is 4.26. The second-order valence-electron chi connectivity index (χ2n) is 9.95. The first-order chi connectivity index (χ1) is 14.2. The Morgan fingerprint density at radius 2 is 1.47 bits per heavy atom. The van der Waals surface area contributed by atoms with Crippen LogP contribution in [0.25, 0.3) is 11.1 Å². The van der Waals surface area contributed by atoms with Gasteiger partial charge in [-0.2, -0.15) is 0 Å². The van der Waals surface area contributed by atoms with E-state index in [1.54, 1.807) is 0 Å². The normalized spacial score (nSPS) is 22.2. The number of ether oxygens (including phenoxy) is 1. The number of benzene rings is 2. The summed E-state index contributed by atoms with van der Waals surface area (Å²) in [5.74, 6) is -0.106. The molecule has 0 spiro atoms. The summed E-state index contributed by atoms with van der Waals surface area (Å²) in [6, 6.07) is 13.1. The van der Waals surface area contributed by atoms with Crippen molar-refractivity contribution in [2.24, 2.45) is 0 Å². The highest BCUT2D eigenvalue weighted by atomic mass is 16.7. The molecule has 5 rings (SSSR count). The van der Waals surface area contributed by atoms with E-state index in [0.29, 0.717) is 0 Å². The van der Waals surface area contributed by atoms with Crippen LogP contribution < -0.4 is 5.46 Å². The summed E-state index contributed by atoms with van der Waals surface area (Å²) < 4.78 is 17.5. The number of carbonyl (C=O) groups is 1. The van der Waals surface area contributed by atoms with Crippen molar-refractivity contribution in [3.8, 4) is 11.1 Å². The van der Waals surface area contributed by atoms with E-state index in [1.807, 2.05) is 0 Å². The van der Waals surface area contributed by atoms with Gasteiger partial charge in [-0.25, -0.2) is 0 Å². The number of esters is 1. The Morgan fingerprint density at radius 1 is 0.900 bits per heavy atom. The molecular formula is C25H29BO4. The fraction of sp³-hybridized carbons (Fsp3) is 0.480. The van der Waals surface area contributed by atoms with Crippen LogP contribution in [0.3, 0.4) is 0 Å². The second-order valence-corrected chi connectivity index (χ2v) is 9.95. The maximum atomic E-state index is 12.3. The van der Waals surface area contributed by atoms with Crippen molar-refractivity contribution in [2.45, 2.75) is 70.0 Å². The third kappa shape index (κ3) is 2.86. The van der Waals surface area contributed by atoms with Crippen LogP contribution in [0.1, 0.15) is 57.2 Å². The quantitative estimate of drug-likeness (QED) is 0.574. The molecule has 3 aliphatic rings. The molecule has 1 heterocycles. The van der Waals surface area contributed by atoms with Gasteiger partial charge < -0.3 is 14.0 Å². The number of methoxy groups -OCH3 is 1. The average molecular weight is 404 g/mol. The molecule has 1 saturated heterocycles. The summed E-state index contributed by atoms with van der Waals surface area (Å²) in [5, 5.41) is 0. The number of aryl methyl sites for hydroxylation is 2. The van der Waals surface area contributed by atoms with Crippen LogP contribution >= 0.6 is 0 Å². The molecule has 30 heavy (non-hydrogen) atoms. The van der Waals surface area contributed by atoms with E-state index in [2.05, 4.69) is 64.1 Å². The first-order valence-electron chi connectivity index (χ1n) is 10.9. The molecule has 4 nitrogen and oxygen atoms in total. The Morgan fingerprint density at radius 3 is 2.03 bits per heavy atom. The smallest absolute Gasteiger partial charge is 0.468 e. The molecule has 1 aliphatic heterocycles. The minimum absolute atomic E-state index is 0.106. The third-order valence-corrected chi connectivity index (χ3v) is 7.59. The molecule has 2 aromatic carbocycles. The van der Waals surface area contributed by atoms with Gasteiger partial charge in [0.2, 0.25) is 0 Å². The van der Waals surface area contributed by atoms with Crippen molar-refractivity contribution < 1.29 is 18.8 Å². The molecule has 0 N–H and O–H groups in total. The SMILES string of the molecule is COC(=O)C1(c2ccc3c(c2)CCc2cc(B4OC(C)(C)C(C)(C)O4)ccc2-3)CC1. The van der Waals surface area contributed by atoms with Gasteiger partial charge in [-0.05, 0) is 86.7 Å². The van der Waals surface area contributed by atoms with E-state index in [0.717, 1.165) is 36.7 Å². The van der Waals surface area contributed by atoms with Crippen LogP contribution in [-0.4, -0.2) is 31.4 Å². The van der Waals surface area contributed by atoms with E-state index >= 15 is 0 Å². The zero-order valence-corrected chi connectivity index (χ0v) is 18.5. The van der Waals surface area contributed by atoms with E-state index in [1.165, 1.54) is 29.4 Å². The van der Waals surface area contributed by atoms with E-state index < -0.39 is 5.41 Å². The topological polar surface area (TPSA) is 44.8 Å². The van der Waals surface area contributed by atoms with E-state index in [9.17, 15) is 4.79 Å². The third-order valence-electron chi connectivity index (χ3n) is 7.59. The molecule has 2 fully saturated rings. The average Bonchev–Trinajstić information content (AvgIpc) is 3.49. The van der Waals surface area contributed by atoms with Crippen molar-refractivity contribution in [2.75, 3.05) is 7.11 Å². The predicted molar refractivity (Wildman–Crippen MR) is 118 cm³/mol. The standard InChI is InChI=1S/C25H29BO4/c1-23(2)24(3,4)30-26(29-23)19-9-11-21-17(15-19)7-6-16-14-18(8-10-20(16)21)25(12-13-25)22(27)28-5/h8-11,14-15H,6-7,12-13H2,1-5H3. The highest BCUT2D eigenvalue weighted by molar-refractivity contribution is 6.62. The molecule has 0 aromatic heterocycles. The van der Waals surface area contributed by atoms with Gasteiger partial charge in [-0.1, -0.05) is 36.4 Å². The molecule has 0 bridgehead atoms. The van der Waals surface area contributed by atoms with Crippen LogP contribution in [-0.2, 0) is 37.1 Å². The molecule has 0 amide bonds. The Hall–Kier alpha value is -2.11. The first kappa shape index (κ1) is 19.8. The summed E-state index contributed by atoms with van der Waals surface area (Å²) in [6.45, 7) is 8.33. The van der Waals surface area contributed by atoms with Crippen LogP contribution in [0.2, 0.25) is 0 Å². The zero-order chi connectivity index (χ0) is 21.3. The van der Waals surface area contributed by atoms with E-state index in [4.69, 9.17) is 14.0 Å². The van der Waals surface area contributed by atoms with Crippen molar-refractivity contribution >= 4 is 18.6 Å². The fourth-order valence-corrected chi connectivity index (χ4v) is 4.77. The van der Waals surface area contributed by atoms with Gasteiger partial charge in [-0.15, -0.1) is 0 Å². The lowest BCUT2D eigenvalue weighted by Gasteiger charge is -2.32. The summed E-state index contributed by atoms with van der Waals surface area (Å²) >= 11 is 0. The molecule has 2 aliphatic carbocycles.